The second-order valence-corrected chi connectivity index (χ2v) is 14.5. The fourth-order valence-electron chi connectivity index (χ4n) is 8.21. The van der Waals surface area contributed by atoms with Gasteiger partial charge in [0.25, 0.3) is 0 Å². The van der Waals surface area contributed by atoms with Crippen molar-refractivity contribution in [1.82, 2.24) is 15.0 Å². The van der Waals surface area contributed by atoms with Gasteiger partial charge in [-0.3, -0.25) is 0 Å². The largest absolute Gasteiger partial charge is 0.348 e. The lowest BCUT2D eigenvalue weighted by molar-refractivity contribution is 0.722. The van der Waals surface area contributed by atoms with E-state index in [2.05, 4.69) is 163 Å². The van der Waals surface area contributed by atoms with Crippen LogP contribution in [0, 0.1) is 0 Å². The summed E-state index contributed by atoms with van der Waals surface area (Å²) in [4.78, 5) is 22.2. The molecular weight excluding hydrogens is 697 g/mol. The second kappa shape index (κ2) is 19.5. The SMILES string of the molecule is CCc1c(CN(Cc2ccccc2)c2ccccn2)c(CC)c(CN(Cc2ccccc2)c2ccccn2)c(CC)c1CN(Cc1ccccc1)c1ccccn1. The van der Waals surface area contributed by atoms with Gasteiger partial charge in [-0.2, -0.15) is 0 Å². The summed E-state index contributed by atoms with van der Waals surface area (Å²) in [6.45, 7) is 11.5. The molecule has 3 heterocycles. The summed E-state index contributed by atoms with van der Waals surface area (Å²) in [6, 6.07) is 51.1. The van der Waals surface area contributed by atoms with Gasteiger partial charge < -0.3 is 14.7 Å². The van der Waals surface area contributed by atoms with E-state index < -0.39 is 0 Å². The zero-order valence-electron chi connectivity index (χ0n) is 33.6. The summed E-state index contributed by atoms with van der Waals surface area (Å²) in [5.74, 6) is 2.93. The quantitative estimate of drug-likeness (QED) is 0.0870. The molecule has 0 radical (unpaired) electrons. The Bertz CT molecular complexity index is 1970. The third-order valence-corrected chi connectivity index (χ3v) is 10.9. The van der Waals surface area contributed by atoms with Crippen molar-refractivity contribution < 1.29 is 0 Å². The number of rotatable bonds is 18. The Morgan fingerprint density at radius 2 is 0.561 bits per heavy atom. The van der Waals surface area contributed by atoms with E-state index in [0.717, 1.165) is 76.0 Å². The number of nitrogens with zero attached hydrogens (tertiary/aromatic N) is 6. The highest BCUT2D eigenvalue weighted by molar-refractivity contribution is 5.58. The second-order valence-electron chi connectivity index (χ2n) is 14.5. The van der Waals surface area contributed by atoms with Gasteiger partial charge in [-0.25, -0.2) is 15.0 Å². The summed E-state index contributed by atoms with van der Waals surface area (Å²) in [7, 11) is 0. The summed E-state index contributed by atoms with van der Waals surface area (Å²) in [5, 5.41) is 0. The lowest BCUT2D eigenvalue weighted by Crippen LogP contribution is -2.30. The molecule has 7 aromatic rings. The first kappa shape index (κ1) is 39.0. The first-order chi connectivity index (χ1) is 28.1. The molecular formula is C51H54N6. The fraction of sp³-hybridized carbons (Fsp3) is 0.235. The molecule has 0 fully saturated rings. The van der Waals surface area contributed by atoms with Crippen LogP contribution in [0.3, 0.4) is 0 Å². The summed E-state index contributed by atoms with van der Waals surface area (Å²) in [6.07, 6.45) is 8.49. The highest BCUT2D eigenvalue weighted by Gasteiger charge is 2.27. The van der Waals surface area contributed by atoms with Crippen LogP contribution in [0.2, 0.25) is 0 Å². The summed E-state index contributed by atoms with van der Waals surface area (Å²) >= 11 is 0. The van der Waals surface area contributed by atoms with E-state index in [4.69, 9.17) is 15.0 Å². The van der Waals surface area contributed by atoms with E-state index in [1.807, 2.05) is 36.8 Å². The van der Waals surface area contributed by atoms with Crippen LogP contribution < -0.4 is 14.7 Å². The Kier molecular flexibility index (Phi) is 13.4. The lowest BCUT2D eigenvalue weighted by atomic mass is 9.82. The van der Waals surface area contributed by atoms with Crippen molar-refractivity contribution in [1.29, 1.82) is 0 Å². The van der Waals surface area contributed by atoms with Crippen LogP contribution in [0.4, 0.5) is 17.5 Å². The minimum absolute atomic E-state index is 0.743. The summed E-state index contributed by atoms with van der Waals surface area (Å²) in [5.41, 5.74) is 12.3. The van der Waals surface area contributed by atoms with E-state index in [1.165, 1.54) is 50.1 Å². The van der Waals surface area contributed by atoms with E-state index in [-0.39, 0.29) is 0 Å². The molecule has 7 rings (SSSR count). The highest BCUT2D eigenvalue weighted by atomic mass is 15.2. The third kappa shape index (κ3) is 9.76. The average molecular weight is 751 g/mol. The number of benzene rings is 4. The van der Waals surface area contributed by atoms with E-state index in [1.54, 1.807) is 0 Å². The van der Waals surface area contributed by atoms with Crippen molar-refractivity contribution in [3.05, 3.63) is 214 Å². The minimum atomic E-state index is 0.743. The monoisotopic (exact) mass is 750 g/mol. The molecule has 0 unspecified atom stereocenters. The lowest BCUT2D eigenvalue weighted by Gasteiger charge is -2.34. The van der Waals surface area contributed by atoms with Crippen molar-refractivity contribution in [3.8, 4) is 0 Å². The number of anilines is 3. The average Bonchev–Trinajstić information content (AvgIpc) is 3.28. The summed E-state index contributed by atoms with van der Waals surface area (Å²) < 4.78 is 0. The van der Waals surface area contributed by atoms with E-state index in [9.17, 15) is 0 Å². The fourth-order valence-corrected chi connectivity index (χ4v) is 8.21. The Morgan fingerprint density at radius 3 is 0.789 bits per heavy atom. The molecule has 0 N–H and O–H groups in total. The molecule has 3 aromatic heterocycles. The molecule has 0 spiro atoms. The predicted octanol–water partition coefficient (Wildman–Crippen LogP) is 11.2. The molecule has 4 aromatic carbocycles. The van der Waals surface area contributed by atoms with Crippen LogP contribution in [0.25, 0.3) is 0 Å². The van der Waals surface area contributed by atoms with Gasteiger partial charge in [0.15, 0.2) is 0 Å². The zero-order valence-corrected chi connectivity index (χ0v) is 33.6. The maximum absolute atomic E-state index is 4.92. The van der Waals surface area contributed by atoms with Crippen LogP contribution >= 0.6 is 0 Å². The molecule has 0 aliphatic rings. The Labute approximate surface area is 339 Å². The van der Waals surface area contributed by atoms with Crippen LogP contribution in [0.5, 0.6) is 0 Å². The smallest absolute Gasteiger partial charge is 0.129 e. The van der Waals surface area contributed by atoms with Crippen molar-refractivity contribution in [2.75, 3.05) is 14.7 Å². The molecule has 6 heteroatoms. The molecule has 6 nitrogen and oxygen atoms in total. The van der Waals surface area contributed by atoms with Crippen LogP contribution in [-0.4, -0.2) is 15.0 Å². The number of pyridine rings is 3. The Balaban J connectivity index is 1.43. The normalized spacial score (nSPS) is 11.0. The van der Waals surface area contributed by atoms with Gasteiger partial charge >= 0.3 is 0 Å². The Hall–Kier alpha value is -6.27. The molecule has 57 heavy (non-hydrogen) atoms. The first-order valence-corrected chi connectivity index (χ1v) is 20.4. The van der Waals surface area contributed by atoms with Crippen LogP contribution in [0.1, 0.15) is 70.8 Å². The Morgan fingerprint density at radius 1 is 0.298 bits per heavy atom. The van der Waals surface area contributed by atoms with Gasteiger partial charge in [0.1, 0.15) is 17.5 Å². The van der Waals surface area contributed by atoms with Gasteiger partial charge in [0, 0.05) is 57.9 Å². The van der Waals surface area contributed by atoms with E-state index >= 15 is 0 Å². The van der Waals surface area contributed by atoms with Gasteiger partial charge in [-0.1, -0.05) is 130 Å². The topological polar surface area (TPSA) is 48.4 Å². The van der Waals surface area contributed by atoms with Crippen molar-refractivity contribution >= 4 is 17.5 Å². The molecule has 0 aliphatic heterocycles. The molecule has 288 valence electrons. The number of aromatic nitrogens is 3. The van der Waals surface area contributed by atoms with Crippen LogP contribution in [0.15, 0.2) is 164 Å². The standard InChI is InChI=1S/C51H54N6/c1-4-43-46(37-55(49-28-16-19-31-52-49)34-40-22-10-7-11-23-40)44(5-2)48(39-57(51-30-18-21-33-54-51)36-42-26-14-9-15-27-42)45(6-3)47(43)38-56(50-29-17-20-32-53-50)35-41-24-12-8-13-25-41/h7-33H,4-6,34-39H2,1-3H3. The van der Waals surface area contributed by atoms with Gasteiger partial charge in [-0.15, -0.1) is 0 Å². The van der Waals surface area contributed by atoms with Gasteiger partial charge in [0.2, 0.25) is 0 Å². The maximum atomic E-state index is 4.92. The predicted molar refractivity (Wildman–Crippen MR) is 236 cm³/mol. The number of hydrogen-bond donors (Lipinski definition) is 0. The van der Waals surface area contributed by atoms with Gasteiger partial charge in [-0.05, 0) is 106 Å². The molecule has 0 bridgehead atoms. The molecule has 0 atom stereocenters. The molecule has 0 saturated carbocycles. The van der Waals surface area contributed by atoms with Crippen LogP contribution in [-0.2, 0) is 58.5 Å². The zero-order chi connectivity index (χ0) is 39.2. The van der Waals surface area contributed by atoms with Crippen molar-refractivity contribution in [2.24, 2.45) is 0 Å². The van der Waals surface area contributed by atoms with Gasteiger partial charge in [0.05, 0.1) is 0 Å². The maximum Gasteiger partial charge on any atom is 0.129 e. The molecule has 0 saturated heterocycles. The van der Waals surface area contributed by atoms with Crippen molar-refractivity contribution in [2.45, 2.75) is 79.3 Å². The van der Waals surface area contributed by atoms with Crippen molar-refractivity contribution in [3.63, 3.8) is 0 Å². The minimum Gasteiger partial charge on any atom is -0.348 e. The highest BCUT2D eigenvalue weighted by Crippen LogP contribution is 2.36. The molecule has 0 amide bonds. The first-order valence-electron chi connectivity index (χ1n) is 20.4. The molecule has 0 aliphatic carbocycles. The third-order valence-electron chi connectivity index (χ3n) is 10.9. The number of hydrogen-bond acceptors (Lipinski definition) is 6. The van der Waals surface area contributed by atoms with E-state index in [0.29, 0.717) is 0 Å².